The van der Waals surface area contributed by atoms with Gasteiger partial charge in [-0.25, -0.2) is 13.1 Å². The van der Waals surface area contributed by atoms with Crippen molar-refractivity contribution in [3.05, 3.63) is 23.8 Å². The molecule has 1 rings (SSSR count). The minimum Gasteiger partial charge on any atom is -0.493 e. The van der Waals surface area contributed by atoms with E-state index in [1.165, 1.54) is 5.56 Å². The molecule has 8 nitrogen and oxygen atoms in total. The van der Waals surface area contributed by atoms with Gasteiger partial charge in [-0.05, 0) is 50.8 Å². The van der Waals surface area contributed by atoms with Crippen molar-refractivity contribution < 1.29 is 17.9 Å². The monoisotopic (exact) mass is 542 g/mol. The first-order valence-electron chi connectivity index (χ1n) is 9.67. The van der Waals surface area contributed by atoms with E-state index in [4.69, 9.17) is 9.47 Å². The van der Waals surface area contributed by atoms with Gasteiger partial charge in [0.25, 0.3) is 0 Å². The third kappa shape index (κ3) is 11.5. The van der Waals surface area contributed by atoms with Crippen LogP contribution in [0.5, 0.6) is 11.5 Å². The molecule has 0 bridgehead atoms. The number of ether oxygens (including phenoxy) is 2. The highest BCUT2D eigenvalue weighted by Crippen LogP contribution is 2.28. The van der Waals surface area contributed by atoms with Crippen LogP contribution in [-0.4, -0.2) is 60.5 Å². The molecule has 1 aromatic rings. The van der Waals surface area contributed by atoms with Crippen molar-refractivity contribution in [2.75, 3.05) is 46.2 Å². The standard InChI is InChI=1S/C19H34N4O4S.HI/c1-5-27-18-15-16(10-11-17(18)26-4)9-7-12-21-19(20-3)22-13-8-14-23-28(24,25)6-2;/h10-11,15,23H,5-9,12-14H2,1-4H3,(H2,20,21,22);1H. The van der Waals surface area contributed by atoms with Crippen LogP contribution in [0.3, 0.4) is 0 Å². The molecule has 0 unspecified atom stereocenters. The Morgan fingerprint density at radius 1 is 1.07 bits per heavy atom. The number of benzene rings is 1. The van der Waals surface area contributed by atoms with Crippen LogP contribution in [0.15, 0.2) is 23.2 Å². The molecule has 0 aliphatic heterocycles. The van der Waals surface area contributed by atoms with E-state index in [1.54, 1.807) is 21.1 Å². The van der Waals surface area contributed by atoms with Gasteiger partial charge < -0.3 is 20.1 Å². The second kappa shape index (κ2) is 15.6. The van der Waals surface area contributed by atoms with Crippen LogP contribution in [-0.2, 0) is 16.4 Å². The van der Waals surface area contributed by atoms with Crippen molar-refractivity contribution in [3.63, 3.8) is 0 Å². The number of hydrogen-bond donors (Lipinski definition) is 3. The highest BCUT2D eigenvalue weighted by molar-refractivity contribution is 14.0. The smallest absolute Gasteiger partial charge is 0.211 e. The molecule has 0 radical (unpaired) electrons. The van der Waals surface area contributed by atoms with Crippen molar-refractivity contribution in [1.29, 1.82) is 0 Å². The predicted molar refractivity (Wildman–Crippen MR) is 129 cm³/mol. The molecule has 1 aromatic carbocycles. The van der Waals surface area contributed by atoms with Crippen LogP contribution in [0.2, 0.25) is 0 Å². The summed E-state index contributed by atoms with van der Waals surface area (Å²) in [4.78, 5) is 4.18. The third-order valence-corrected chi connectivity index (χ3v) is 5.44. The first-order valence-corrected chi connectivity index (χ1v) is 11.3. The van der Waals surface area contributed by atoms with Gasteiger partial charge in [0.1, 0.15) is 0 Å². The molecule has 0 saturated heterocycles. The van der Waals surface area contributed by atoms with Crippen molar-refractivity contribution in [1.82, 2.24) is 15.4 Å². The molecule has 168 valence electrons. The van der Waals surface area contributed by atoms with Crippen LogP contribution < -0.4 is 24.8 Å². The summed E-state index contributed by atoms with van der Waals surface area (Å²) < 4.78 is 36.2. The van der Waals surface area contributed by atoms with E-state index in [0.717, 1.165) is 30.9 Å². The second-order valence-corrected chi connectivity index (χ2v) is 8.19. The zero-order chi connectivity index (χ0) is 20.8. The number of halogens is 1. The molecule has 0 spiro atoms. The van der Waals surface area contributed by atoms with Crippen molar-refractivity contribution in [2.24, 2.45) is 4.99 Å². The summed E-state index contributed by atoms with van der Waals surface area (Å²) in [7, 11) is 0.231. The van der Waals surface area contributed by atoms with Gasteiger partial charge in [-0.1, -0.05) is 6.07 Å². The maximum atomic E-state index is 11.4. The maximum Gasteiger partial charge on any atom is 0.211 e. The Bertz CT molecular complexity index is 714. The number of aryl methyl sites for hydroxylation is 1. The van der Waals surface area contributed by atoms with E-state index in [-0.39, 0.29) is 29.7 Å². The van der Waals surface area contributed by atoms with Crippen molar-refractivity contribution in [3.8, 4) is 11.5 Å². The lowest BCUT2D eigenvalue weighted by molar-refractivity contribution is 0.310. The molecule has 0 saturated carbocycles. The van der Waals surface area contributed by atoms with E-state index in [9.17, 15) is 8.42 Å². The van der Waals surface area contributed by atoms with Crippen molar-refractivity contribution in [2.45, 2.75) is 33.1 Å². The van der Waals surface area contributed by atoms with Gasteiger partial charge in [0.15, 0.2) is 17.5 Å². The van der Waals surface area contributed by atoms with Crippen LogP contribution in [0.1, 0.15) is 32.3 Å². The largest absolute Gasteiger partial charge is 0.493 e. The lowest BCUT2D eigenvalue weighted by atomic mass is 10.1. The zero-order valence-electron chi connectivity index (χ0n) is 17.8. The quantitative estimate of drug-likeness (QED) is 0.153. The Balaban J connectivity index is 0.00000784. The average Bonchev–Trinajstić information content (AvgIpc) is 2.69. The number of hydrogen-bond acceptors (Lipinski definition) is 5. The normalized spacial score (nSPS) is 11.5. The summed E-state index contributed by atoms with van der Waals surface area (Å²) in [6.45, 7) is 6.01. The molecular weight excluding hydrogens is 507 g/mol. The SMILES string of the molecule is CCOc1cc(CCCNC(=NC)NCCCNS(=O)(=O)CC)ccc1OC.I. The molecule has 0 heterocycles. The number of nitrogens with one attached hydrogen (secondary N) is 3. The predicted octanol–water partition coefficient (Wildman–Crippen LogP) is 2.14. The number of nitrogens with zero attached hydrogens (tertiary/aromatic N) is 1. The molecule has 0 fully saturated rings. The van der Waals surface area contributed by atoms with Crippen LogP contribution >= 0.6 is 24.0 Å². The minimum absolute atomic E-state index is 0. The number of methoxy groups -OCH3 is 1. The summed E-state index contributed by atoms with van der Waals surface area (Å²) in [6.07, 6.45) is 2.54. The summed E-state index contributed by atoms with van der Waals surface area (Å²) in [5.41, 5.74) is 1.19. The van der Waals surface area contributed by atoms with Gasteiger partial charge in [-0.3, -0.25) is 4.99 Å². The fraction of sp³-hybridized carbons (Fsp3) is 0.632. The lowest BCUT2D eigenvalue weighted by Crippen LogP contribution is -2.39. The third-order valence-electron chi connectivity index (χ3n) is 4.03. The summed E-state index contributed by atoms with van der Waals surface area (Å²) >= 11 is 0. The number of guanidine groups is 1. The van der Waals surface area contributed by atoms with E-state index in [0.29, 0.717) is 32.1 Å². The molecule has 0 amide bonds. The van der Waals surface area contributed by atoms with Gasteiger partial charge in [0.05, 0.1) is 19.5 Å². The van der Waals surface area contributed by atoms with Gasteiger partial charge >= 0.3 is 0 Å². The fourth-order valence-electron chi connectivity index (χ4n) is 2.49. The Hall–Kier alpha value is -1.27. The second-order valence-electron chi connectivity index (χ2n) is 6.10. The molecule has 29 heavy (non-hydrogen) atoms. The van der Waals surface area contributed by atoms with Gasteiger partial charge in [0, 0.05) is 26.7 Å². The molecule has 0 aliphatic carbocycles. The zero-order valence-corrected chi connectivity index (χ0v) is 20.9. The van der Waals surface area contributed by atoms with Crippen molar-refractivity contribution >= 4 is 40.0 Å². The maximum absolute atomic E-state index is 11.4. The number of aliphatic imine (C=N–C) groups is 1. The molecule has 3 N–H and O–H groups in total. The highest BCUT2D eigenvalue weighted by atomic mass is 127. The topological polar surface area (TPSA) is 101 Å². The fourth-order valence-corrected chi connectivity index (χ4v) is 3.15. The summed E-state index contributed by atoms with van der Waals surface area (Å²) in [6, 6.07) is 6.00. The molecule has 10 heteroatoms. The van der Waals surface area contributed by atoms with Gasteiger partial charge in [0.2, 0.25) is 10.0 Å². The van der Waals surface area contributed by atoms with Crippen LogP contribution in [0, 0.1) is 0 Å². The lowest BCUT2D eigenvalue weighted by Gasteiger charge is -2.13. The first-order chi connectivity index (χ1) is 13.5. The Kier molecular flexibility index (Phi) is 14.9. The Morgan fingerprint density at radius 3 is 2.34 bits per heavy atom. The van der Waals surface area contributed by atoms with Gasteiger partial charge in [-0.2, -0.15) is 0 Å². The molecule has 0 aliphatic rings. The summed E-state index contributed by atoms with van der Waals surface area (Å²) in [5, 5.41) is 6.45. The average molecular weight is 542 g/mol. The number of sulfonamides is 1. The van der Waals surface area contributed by atoms with Gasteiger partial charge in [-0.15, -0.1) is 24.0 Å². The Labute approximate surface area is 192 Å². The molecular formula is C19H35IN4O4S. The minimum atomic E-state index is -3.12. The Morgan fingerprint density at radius 2 is 1.76 bits per heavy atom. The summed E-state index contributed by atoms with van der Waals surface area (Å²) in [5.74, 6) is 2.33. The highest BCUT2D eigenvalue weighted by Gasteiger charge is 2.06. The molecule has 0 atom stereocenters. The van der Waals surface area contributed by atoms with Crippen LogP contribution in [0.25, 0.3) is 0 Å². The van der Waals surface area contributed by atoms with E-state index < -0.39 is 10.0 Å². The van der Waals surface area contributed by atoms with E-state index >= 15 is 0 Å². The first kappa shape index (κ1) is 27.7. The molecule has 0 aromatic heterocycles. The number of rotatable bonds is 13. The van der Waals surface area contributed by atoms with Crippen LogP contribution in [0.4, 0.5) is 0 Å². The van der Waals surface area contributed by atoms with E-state index in [2.05, 4.69) is 20.3 Å². The van der Waals surface area contributed by atoms with E-state index in [1.807, 2.05) is 25.1 Å².